The molecule has 0 fully saturated rings. The lowest BCUT2D eigenvalue weighted by Crippen LogP contribution is -2.23. The monoisotopic (exact) mass is 337 g/mol. The number of para-hydroxylation sites is 1. The molecule has 0 aliphatic rings. The van der Waals surface area contributed by atoms with E-state index in [-0.39, 0.29) is 24.7 Å². The molecule has 0 heterocycles. The number of nitrogens with two attached hydrogens (primary N) is 1. The molecule has 128 valence electrons. The number of guanidine groups is 1. The smallest absolute Gasteiger partial charge is 0.406 e. The molecule has 24 heavy (non-hydrogen) atoms. The van der Waals surface area contributed by atoms with Gasteiger partial charge in [-0.1, -0.05) is 35.9 Å². The van der Waals surface area contributed by atoms with Gasteiger partial charge >= 0.3 is 6.36 Å². The fraction of sp³-hybridized carbons (Fsp3) is 0.235. The van der Waals surface area contributed by atoms with Gasteiger partial charge in [0.25, 0.3) is 0 Å². The largest absolute Gasteiger partial charge is 0.573 e. The van der Waals surface area contributed by atoms with Crippen LogP contribution in [0.15, 0.2) is 53.5 Å². The number of anilines is 1. The third-order valence-electron chi connectivity index (χ3n) is 3.19. The van der Waals surface area contributed by atoms with E-state index in [1.807, 2.05) is 31.2 Å². The first-order valence-corrected chi connectivity index (χ1v) is 7.31. The Morgan fingerprint density at radius 3 is 2.46 bits per heavy atom. The zero-order valence-corrected chi connectivity index (χ0v) is 13.1. The molecule has 0 saturated carbocycles. The zero-order valence-electron chi connectivity index (χ0n) is 13.1. The molecule has 0 bridgehead atoms. The molecule has 7 heteroatoms. The number of nitrogens with zero attached hydrogens (tertiary/aromatic N) is 1. The van der Waals surface area contributed by atoms with Crippen molar-refractivity contribution in [2.24, 2.45) is 10.7 Å². The highest BCUT2D eigenvalue weighted by atomic mass is 19.4. The van der Waals surface area contributed by atoms with Gasteiger partial charge < -0.3 is 15.8 Å². The van der Waals surface area contributed by atoms with Crippen LogP contribution in [-0.4, -0.2) is 18.9 Å². The van der Waals surface area contributed by atoms with Crippen LogP contribution in [0, 0.1) is 6.92 Å². The predicted molar refractivity (Wildman–Crippen MR) is 88.1 cm³/mol. The number of benzene rings is 2. The summed E-state index contributed by atoms with van der Waals surface area (Å²) in [6, 6.07) is 13.6. The summed E-state index contributed by atoms with van der Waals surface area (Å²) >= 11 is 0. The van der Waals surface area contributed by atoms with Crippen LogP contribution in [0.25, 0.3) is 0 Å². The second-order valence-electron chi connectivity index (χ2n) is 5.16. The van der Waals surface area contributed by atoms with Crippen molar-refractivity contribution in [2.75, 3.05) is 11.9 Å². The first-order chi connectivity index (χ1) is 11.3. The lowest BCUT2D eigenvalue weighted by molar-refractivity contribution is -0.274. The molecule has 0 aliphatic heterocycles. The summed E-state index contributed by atoms with van der Waals surface area (Å²) in [4.78, 5) is 4.12. The van der Waals surface area contributed by atoms with E-state index in [1.165, 1.54) is 12.1 Å². The van der Waals surface area contributed by atoms with Crippen molar-refractivity contribution < 1.29 is 17.9 Å². The lowest BCUT2D eigenvalue weighted by Gasteiger charge is -2.12. The normalized spacial score (nSPS) is 12.1. The van der Waals surface area contributed by atoms with Crippen LogP contribution >= 0.6 is 0 Å². The summed E-state index contributed by atoms with van der Waals surface area (Å²) in [6.07, 6.45) is -4.44. The van der Waals surface area contributed by atoms with Crippen LogP contribution in [0.4, 0.5) is 18.9 Å². The number of aliphatic imine (C=N–C) groups is 1. The molecule has 2 rings (SSSR count). The molecular weight excluding hydrogens is 319 g/mol. The van der Waals surface area contributed by atoms with Crippen LogP contribution in [0.3, 0.4) is 0 Å². The second-order valence-corrected chi connectivity index (χ2v) is 5.16. The Hall–Kier alpha value is -2.70. The standard InChI is InChI=1S/C17H18F3N3O/c1-12-6-8-14(9-7-12)23-16(21)22-11-10-13-4-2-3-5-15(13)24-17(18,19)20/h2-9H,10-11H2,1H3,(H3,21,22,23). The van der Waals surface area contributed by atoms with E-state index in [1.54, 1.807) is 12.1 Å². The Kier molecular flexibility index (Phi) is 5.68. The summed E-state index contributed by atoms with van der Waals surface area (Å²) in [5, 5.41) is 2.92. The van der Waals surface area contributed by atoms with Gasteiger partial charge in [-0.2, -0.15) is 0 Å². The fourth-order valence-electron chi connectivity index (χ4n) is 2.06. The van der Waals surface area contributed by atoms with Crippen LogP contribution in [0.2, 0.25) is 0 Å². The number of aryl methyl sites for hydroxylation is 1. The van der Waals surface area contributed by atoms with E-state index < -0.39 is 6.36 Å². The maximum atomic E-state index is 12.4. The van der Waals surface area contributed by atoms with Gasteiger partial charge in [0, 0.05) is 12.2 Å². The highest BCUT2D eigenvalue weighted by Crippen LogP contribution is 2.26. The Morgan fingerprint density at radius 2 is 1.79 bits per heavy atom. The van der Waals surface area contributed by atoms with Gasteiger partial charge in [0.1, 0.15) is 5.75 Å². The van der Waals surface area contributed by atoms with Gasteiger partial charge in [-0.05, 0) is 37.1 Å². The minimum Gasteiger partial charge on any atom is -0.406 e. The van der Waals surface area contributed by atoms with Crippen molar-refractivity contribution in [2.45, 2.75) is 19.7 Å². The Morgan fingerprint density at radius 1 is 1.12 bits per heavy atom. The minimum atomic E-state index is -4.72. The first-order valence-electron chi connectivity index (χ1n) is 7.31. The van der Waals surface area contributed by atoms with Crippen LogP contribution in [0.1, 0.15) is 11.1 Å². The molecule has 0 saturated heterocycles. The second kappa shape index (κ2) is 7.72. The van der Waals surface area contributed by atoms with Crippen molar-refractivity contribution in [3.8, 4) is 5.75 Å². The molecule has 2 aromatic rings. The number of hydrogen-bond acceptors (Lipinski definition) is 2. The number of halogens is 3. The Labute approximate surface area is 138 Å². The lowest BCUT2D eigenvalue weighted by atomic mass is 10.1. The first kappa shape index (κ1) is 17.7. The van der Waals surface area contributed by atoms with Gasteiger partial charge in [-0.25, -0.2) is 0 Å². The molecule has 0 atom stereocenters. The van der Waals surface area contributed by atoms with E-state index in [9.17, 15) is 13.2 Å². The number of hydrogen-bond donors (Lipinski definition) is 2. The maximum absolute atomic E-state index is 12.4. The van der Waals surface area contributed by atoms with Crippen molar-refractivity contribution in [3.05, 3.63) is 59.7 Å². The average Bonchev–Trinajstić information content (AvgIpc) is 2.50. The van der Waals surface area contributed by atoms with E-state index >= 15 is 0 Å². The Bertz CT molecular complexity index is 697. The summed E-state index contributed by atoms with van der Waals surface area (Å²) in [5.41, 5.74) is 8.11. The predicted octanol–water partition coefficient (Wildman–Crippen LogP) is 3.86. The molecule has 2 aromatic carbocycles. The molecule has 0 unspecified atom stereocenters. The number of ether oxygens (including phenoxy) is 1. The van der Waals surface area contributed by atoms with Crippen molar-refractivity contribution in [1.82, 2.24) is 0 Å². The van der Waals surface area contributed by atoms with Gasteiger partial charge in [-0.15, -0.1) is 13.2 Å². The molecule has 0 aliphatic carbocycles. The van der Waals surface area contributed by atoms with Gasteiger partial charge in [0.2, 0.25) is 0 Å². The third-order valence-corrected chi connectivity index (χ3v) is 3.19. The third kappa shape index (κ3) is 5.83. The van der Waals surface area contributed by atoms with Gasteiger partial charge in [0.05, 0.1) is 0 Å². The summed E-state index contributed by atoms with van der Waals surface area (Å²) in [5.74, 6) is -0.0154. The van der Waals surface area contributed by atoms with Gasteiger partial charge in [-0.3, -0.25) is 4.99 Å². The van der Waals surface area contributed by atoms with E-state index in [2.05, 4.69) is 15.0 Å². The number of nitrogens with one attached hydrogen (secondary N) is 1. The minimum absolute atomic E-state index is 0.202. The van der Waals surface area contributed by atoms with Crippen LogP contribution in [0.5, 0.6) is 5.75 Å². The summed E-state index contributed by atoms with van der Waals surface area (Å²) in [7, 11) is 0. The van der Waals surface area contributed by atoms with E-state index in [4.69, 9.17) is 5.73 Å². The number of alkyl halides is 3. The van der Waals surface area contributed by atoms with Crippen LogP contribution in [-0.2, 0) is 6.42 Å². The van der Waals surface area contributed by atoms with E-state index in [0.717, 1.165) is 11.3 Å². The van der Waals surface area contributed by atoms with Crippen molar-refractivity contribution in [1.29, 1.82) is 0 Å². The quantitative estimate of drug-likeness (QED) is 0.643. The molecule has 4 nitrogen and oxygen atoms in total. The highest BCUT2D eigenvalue weighted by Gasteiger charge is 2.31. The molecule has 0 radical (unpaired) electrons. The maximum Gasteiger partial charge on any atom is 0.573 e. The molecule has 0 spiro atoms. The molecule has 3 N–H and O–H groups in total. The highest BCUT2D eigenvalue weighted by molar-refractivity contribution is 5.92. The molecular formula is C17H18F3N3O. The topological polar surface area (TPSA) is 59.6 Å². The Balaban J connectivity index is 1.94. The van der Waals surface area contributed by atoms with E-state index in [0.29, 0.717) is 5.56 Å². The summed E-state index contributed by atoms with van der Waals surface area (Å²) in [6.45, 7) is 2.21. The van der Waals surface area contributed by atoms with Crippen molar-refractivity contribution >= 4 is 11.6 Å². The molecule has 0 amide bonds. The summed E-state index contributed by atoms with van der Waals surface area (Å²) < 4.78 is 41.1. The van der Waals surface area contributed by atoms with Gasteiger partial charge in [0.15, 0.2) is 5.96 Å². The SMILES string of the molecule is Cc1ccc(NC(N)=NCCc2ccccc2OC(F)(F)F)cc1. The van der Waals surface area contributed by atoms with Crippen LogP contribution < -0.4 is 15.8 Å². The zero-order chi connectivity index (χ0) is 17.6. The fourth-order valence-corrected chi connectivity index (χ4v) is 2.06. The van der Waals surface area contributed by atoms with Crippen molar-refractivity contribution in [3.63, 3.8) is 0 Å². The molecule has 0 aromatic heterocycles. The number of rotatable bonds is 5. The average molecular weight is 337 g/mol.